The van der Waals surface area contributed by atoms with Crippen LogP contribution >= 0.6 is 22.9 Å². The average Bonchev–Trinajstić information content (AvgIpc) is 2.90. The van der Waals surface area contributed by atoms with Gasteiger partial charge in [0.2, 0.25) is 0 Å². The molecule has 6 heteroatoms. The van der Waals surface area contributed by atoms with Crippen molar-refractivity contribution < 1.29 is 9.53 Å². The first kappa shape index (κ1) is 15.3. The molecule has 3 rings (SSSR count). The predicted octanol–water partition coefficient (Wildman–Crippen LogP) is 4.00. The van der Waals surface area contributed by atoms with Crippen molar-refractivity contribution in [2.75, 3.05) is 11.9 Å². The van der Waals surface area contributed by atoms with Crippen molar-refractivity contribution in [3.63, 3.8) is 0 Å². The molecule has 1 aromatic carbocycles. The molecule has 0 spiro atoms. The highest BCUT2D eigenvalue weighted by Gasteiger charge is 2.16. The number of hydrogen-bond donors (Lipinski definition) is 1. The van der Waals surface area contributed by atoms with Gasteiger partial charge in [-0.05, 0) is 50.3 Å². The van der Waals surface area contributed by atoms with Crippen molar-refractivity contribution in [1.29, 1.82) is 0 Å². The first-order valence-corrected chi connectivity index (χ1v) is 8.48. The van der Waals surface area contributed by atoms with E-state index in [0.717, 1.165) is 24.1 Å². The number of fused-ring (bicyclic) bond motifs is 1. The van der Waals surface area contributed by atoms with E-state index in [4.69, 9.17) is 16.3 Å². The number of halogens is 1. The summed E-state index contributed by atoms with van der Waals surface area (Å²) < 4.78 is 5.49. The van der Waals surface area contributed by atoms with Gasteiger partial charge in [-0.25, -0.2) is 4.98 Å². The van der Waals surface area contributed by atoms with Gasteiger partial charge in [-0.3, -0.25) is 10.1 Å². The molecular formula is C16H17ClN2O2S. The number of ether oxygens (including phenoxy) is 1. The van der Waals surface area contributed by atoms with Crippen molar-refractivity contribution in [3.8, 4) is 5.75 Å². The van der Waals surface area contributed by atoms with Crippen LogP contribution in [0.3, 0.4) is 0 Å². The van der Waals surface area contributed by atoms with E-state index in [1.165, 1.54) is 17.7 Å². The predicted molar refractivity (Wildman–Crippen MR) is 89.1 cm³/mol. The maximum absolute atomic E-state index is 12.0. The molecule has 1 aromatic heterocycles. The monoisotopic (exact) mass is 336 g/mol. The minimum absolute atomic E-state index is 0.0760. The standard InChI is InChI=1S/C16H17ClN2O2S/c1-10-6-7-11(17)13(8-10)21-9-15(20)19-16-18-12-4-2-3-5-14(12)22-16/h6-8H,2-5,9H2,1H3,(H,18,19,20). The summed E-state index contributed by atoms with van der Waals surface area (Å²) in [6, 6.07) is 5.48. The molecule has 1 heterocycles. The molecule has 0 aliphatic heterocycles. The highest BCUT2D eigenvalue weighted by molar-refractivity contribution is 7.15. The molecule has 116 valence electrons. The minimum Gasteiger partial charge on any atom is -0.482 e. The second-order valence-corrected chi connectivity index (χ2v) is 6.86. The zero-order valence-electron chi connectivity index (χ0n) is 12.3. The van der Waals surface area contributed by atoms with Crippen LogP contribution < -0.4 is 10.1 Å². The Morgan fingerprint density at radius 2 is 2.23 bits per heavy atom. The quantitative estimate of drug-likeness (QED) is 0.918. The first-order valence-electron chi connectivity index (χ1n) is 7.29. The number of hydrogen-bond acceptors (Lipinski definition) is 4. The van der Waals surface area contributed by atoms with E-state index in [-0.39, 0.29) is 12.5 Å². The minimum atomic E-state index is -0.219. The van der Waals surface area contributed by atoms with Crippen molar-refractivity contribution in [2.45, 2.75) is 32.6 Å². The molecule has 0 saturated carbocycles. The second-order valence-electron chi connectivity index (χ2n) is 5.37. The number of amides is 1. The van der Waals surface area contributed by atoms with E-state index in [1.54, 1.807) is 17.4 Å². The Morgan fingerprint density at radius 1 is 1.41 bits per heavy atom. The topological polar surface area (TPSA) is 51.2 Å². The summed E-state index contributed by atoms with van der Waals surface area (Å²) in [5.41, 5.74) is 2.17. The number of carbonyl (C=O) groups excluding carboxylic acids is 1. The molecule has 0 fully saturated rings. The SMILES string of the molecule is Cc1ccc(Cl)c(OCC(=O)Nc2nc3c(s2)CCCC3)c1. The molecule has 22 heavy (non-hydrogen) atoms. The van der Waals surface area contributed by atoms with Gasteiger partial charge in [0.25, 0.3) is 5.91 Å². The van der Waals surface area contributed by atoms with Crippen LogP contribution in [0.15, 0.2) is 18.2 Å². The third-order valence-corrected chi connectivity index (χ3v) is 4.92. The van der Waals surface area contributed by atoms with Crippen molar-refractivity contribution in [3.05, 3.63) is 39.4 Å². The molecular weight excluding hydrogens is 320 g/mol. The lowest BCUT2D eigenvalue weighted by atomic mass is 10.0. The number of thiazole rings is 1. The zero-order chi connectivity index (χ0) is 15.5. The lowest BCUT2D eigenvalue weighted by Gasteiger charge is -2.08. The number of nitrogens with one attached hydrogen (secondary N) is 1. The van der Waals surface area contributed by atoms with Gasteiger partial charge in [0.05, 0.1) is 10.7 Å². The normalized spacial score (nSPS) is 13.5. The van der Waals surface area contributed by atoms with Crippen LogP contribution in [-0.4, -0.2) is 17.5 Å². The molecule has 1 aliphatic carbocycles. The Kier molecular flexibility index (Phi) is 4.64. The summed E-state index contributed by atoms with van der Waals surface area (Å²) in [6.45, 7) is 1.87. The van der Waals surface area contributed by atoms with E-state index in [2.05, 4.69) is 10.3 Å². The Labute approximate surface area is 138 Å². The second kappa shape index (κ2) is 6.67. The van der Waals surface area contributed by atoms with Crippen LogP contribution in [0.25, 0.3) is 0 Å². The largest absolute Gasteiger partial charge is 0.482 e. The molecule has 0 atom stereocenters. The molecule has 0 unspecified atom stereocenters. The van der Waals surface area contributed by atoms with Gasteiger partial charge in [0.15, 0.2) is 11.7 Å². The molecule has 1 N–H and O–H groups in total. The number of carbonyl (C=O) groups is 1. The highest BCUT2D eigenvalue weighted by atomic mass is 35.5. The number of benzene rings is 1. The van der Waals surface area contributed by atoms with Crippen LogP contribution in [-0.2, 0) is 17.6 Å². The number of rotatable bonds is 4. The lowest BCUT2D eigenvalue weighted by molar-refractivity contribution is -0.118. The van der Waals surface area contributed by atoms with Gasteiger partial charge in [0, 0.05) is 4.88 Å². The highest BCUT2D eigenvalue weighted by Crippen LogP contribution is 2.29. The third-order valence-electron chi connectivity index (χ3n) is 3.54. The van der Waals surface area contributed by atoms with E-state index in [9.17, 15) is 4.79 Å². The maximum atomic E-state index is 12.0. The van der Waals surface area contributed by atoms with Crippen LogP contribution in [0.5, 0.6) is 5.75 Å². The van der Waals surface area contributed by atoms with E-state index in [0.29, 0.717) is 15.9 Å². The number of aryl methyl sites for hydroxylation is 3. The molecule has 1 amide bonds. The summed E-state index contributed by atoms with van der Waals surface area (Å²) in [5, 5.41) is 3.97. The Morgan fingerprint density at radius 3 is 3.05 bits per heavy atom. The summed E-state index contributed by atoms with van der Waals surface area (Å²) in [7, 11) is 0. The Bertz CT molecular complexity index is 676. The van der Waals surface area contributed by atoms with Gasteiger partial charge < -0.3 is 4.74 Å². The molecule has 2 aromatic rings. The lowest BCUT2D eigenvalue weighted by Crippen LogP contribution is -2.20. The fourth-order valence-electron chi connectivity index (χ4n) is 2.43. The molecule has 0 bridgehead atoms. The van der Waals surface area contributed by atoms with Gasteiger partial charge in [0.1, 0.15) is 5.75 Å². The summed E-state index contributed by atoms with van der Waals surface area (Å²) >= 11 is 7.61. The summed E-state index contributed by atoms with van der Waals surface area (Å²) in [5.74, 6) is 0.305. The zero-order valence-corrected chi connectivity index (χ0v) is 13.9. The van der Waals surface area contributed by atoms with E-state index < -0.39 is 0 Å². The first-order chi connectivity index (χ1) is 10.6. The van der Waals surface area contributed by atoms with Crippen LogP contribution in [0.4, 0.5) is 5.13 Å². The molecule has 4 nitrogen and oxygen atoms in total. The van der Waals surface area contributed by atoms with Crippen molar-refractivity contribution in [1.82, 2.24) is 4.98 Å². The van der Waals surface area contributed by atoms with Gasteiger partial charge in [-0.1, -0.05) is 17.7 Å². The summed E-state index contributed by atoms with van der Waals surface area (Å²) in [6.07, 6.45) is 4.46. The van der Waals surface area contributed by atoms with Crippen LogP contribution in [0.1, 0.15) is 29.0 Å². The van der Waals surface area contributed by atoms with Gasteiger partial charge in [-0.2, -0.15) is 0 Å². The van der Waals surface area contributed by atoms with Gasteiger partial charge in [-0.15, -0.1) is 11.3 Å². The summed E-state index contributed by atoms with van der Waals surface area (Å²) in [4.78, 5) is 17.8. The van der Waals surface area contributed by atoms with Crippen molar-refractivity contribution >= 4 is 34.0 Å². The molecule has 1 aliphatic rings. The number of aromatic nitrogens is 1. The number of anilines is 1. The Balaban J connectivity index is 1.58. The maximum Gasteiger partial charge on any atom is 0.264 e. The Hall–Kier alpha value is -1.59. The molecule has 0 saturated heterocycles. The third kappa shape index (κ3) is 3.59. The van der Waals surface area contributed by atoms with E-state index >= 15 is 0 Å². The van der Waals surface area contributed by atoms with Crippen molar-refractivity contribution in [2.24, 2.45) is 0 Å². The smallest absolute Gasteiger partial charge is 0.264 e. The van der Waals surface area contributed by atoms with Gasteiger partial charge >= 0.3 is 0 Å². The molecule has 0 radical (unpaired) electrons. The van der Waals surface area contributed by atoms with Crippen LogP contribution in [0.2, 0.25) is 5.02 Å². The average molecular weight is 337 g/mol. The fraction of sp³-hybridized carbons (Fsp3) is 0.375. The fourth-order valence-corrected chi connectivity index (χ4v) is 3.66. The van der Waals surface area contributed by atoms with E-state index in [1.807, 2.05) is 19.1 Å². The number of nitrogens with zero attached hydrogens (tertiary/aromatic N) is 1. The van der Waals surface area contributed by atoms with Crippen LogP contribution in [0, 0.1) is 6.92 Å².